The van der Waals surface area contributed by atoms with Gasteiger partial charge in [0.25, 0.3) is 0 Å². The smallest absolute Gasteiger partial charge is 0.234 e. The van der Waals surface area contributed by atoms with Crippen LogP contribution >= 0.6 is 11.3 Å². The highest BCUT2D eigenvalue weighted by Gasteiger charge is 2.34. The summed E-state index contributed by atoms with van der Waals surface area (Å²) in [6, 6.07) is 4.55. The van der Waals surface area contributed by atoms with Gasteiger partial charge in [0, 0.05) is 11.1 Å². The van der Waals surface area contributed by atoms with E-state index in [0.29, 0.717) is 16.3 Å². The minimum absolute atomic E-state index is 0.0189. The predicted octanol–water partition coefficient (Wildman–Crippen LogP) is 2.78. The van der Waals surface area contributed by atoms with Crippen LogP contribution in [0.3, 0.4) is 0 Å². The molecule has 2 atom stereocenters. The van der Waals surface area contributed by atoms with Gasteiger partial charge in [-0.05, 0) is 23.8 Å². The van der Waals surface area contributed by atoms with Crippen molar-refractivity contribution in [3.8, 4) is 21.9 Å². The van der Waals surface area contributed by atoms with Crippen LogP contribution in [-0.2, 0) is 11.4 Å². The minimum atomic E-state index is -1.36. The molecule has 134 valence electrons. The topological polar surface area (TPSA) is 101 Å². The number of halogens is 1. The third-order valence-corrected chi connectivity index (χ3v) is 6.68. The Morgan fingerprint density at radius 3 is 3.08 bits per heavy atom. The number of nitrogens with zero attached hydrogens (tertiary/aromatic N) is 3. The van der Waals surface area contributed by atoms with Crippen molar-refractivity contribution in [3.63, 3.8) is 0 Å². The van der Waals surface area contributed by atoms with Crippen LogP contribution in [-0.4, -0.2) is 37.6 Å². The Balaban J connectivity index is 1.65. The Morgan fingerprint density at radius 2 is 2.35 bits per heavy atom. The highest BCUT2D eigenvalue weighted by molar-refractivity contribution is 7.89. The quantitative estimate of drug-likeness (QED) is 0.666. The molecule has 0 aliphatic carbocycles. The van der Waals surface area contributed by atoms with Crippen LogP contribution in [0.4, 0.5) is 4.39 Å². The van der Waals surface area contributed by atoms with Crippen molar-refractivity contribution in [1.82, 2.24) is 19.6 Å². The van der Waals surface area contributed by atoms with Crippen molar-refractivity contribution in [1.29, 1.82) is 5.41 Å². The summed E-state index contributed by atoms with van der Waals surface area (Å²) in [5.41, 5.74) is 1.40. The molecule has 0 spiro atoms. The van der Waals surface area contributed by atoms with E-state index in [9.17, 15) is 8.94 Å². The van der Waals surface area contributed by atoms with E-state index in [1.54, 1.807) is 31.6 Å². The average molecular weight is 391 g/mol. The molecule has 4 heterocycles. The van der Waals surface area contributed by atoms with E-state index in [4.69, 9.17) is 9.83 Å². The Kier molecular flexibility index (Phi) is 4.39. The summed E-state index contributed by atoms with van der Waals surface area (Å²) >= 11 is -0.0869. The number of nitrogens with one attached hydrogen (secondary N) is 2. The molecule has 26 heavy (non-hydrogen) atoms. The number of hydrogen-bond donors (Lipinski definition) is 2. The van der Waals surface area contributed by atoms with Gasteiger partial charge in [-0.25, -0.2) is 9.37 Å². The van der Waals surface area contributed by atoms with Gasteiger partial charge in [-0.2, -0.15) is 4.31 Å². The van der Waals surface area contributed by atoms with Gasteiger partial charge in [0.1, 0.15) is 17.6 Å². The van der Waals surface area contributed by atoms with Gasteiger partial charge in [0.2, 0.25) is 5.96 Å². The molecule has 7 nitrogen and oxygen atoms in total. The van der Waals surface area contributed by atoms with Gasteiger partial charge in [-0.15, -0.1) is 11.3 Å². The Morgan fingerprint density at radius 1 is 1.50 bits per heavy atom. The minimum Gasteiger partial charge on any atom is -0.593 e. The van der Waals surface area contributed by atoms with Crippen LogP contribution < -0.4 is 5.32 Å². The molecule has 2 unspecified atom stereocenters. The second-order valence-electron chi connectivity index (χ2n) is 5.65. The second kappa shape index (κ2) is 6.71. The van der Waals surface area contributed by atoms with Crippen LogP contribution in [0.15, 0.2) is 41.4 Å². The molecule has 0 bridgehead atoms. The lowest BCUT2D eigenvalue weighted by atomic mass is 10.1. The molecule has 0 amide bonds. The summed E-state index contributed by atoms with van der Waals surface area (Å²) in [6.45, 7) is 0. The third kappa shape index (κ3) is 3.06. The number of aromatic nitrogens is 2. The third-order valence-electron chi connectivity index (χ3n) is 4.00. The fourth-order valence-electron chi connectivity index (χ4n) is 2.62. The number of oxazole rings is 1. The molecule has 1 fully saturated rings. The zero-order valence-corrected chi connectivity index (χ0v) is 15.2. The maximum absolute atomic E-state index is 14.5. The fraction of sp³-hybridized carbons (Fsp3) is 0.188. The van der Waals surface area contributed by atoms with Crippen LogP contribution in [0.5, 0.6) is 0 Å². The maximum Gasteiger partial charge on any atom is 0.234 e. The molecular weight excluding hydrogens is 377 g/mol. The first kappa shape index (κ1) is 17.0. The van der Waals surface area contributed by atoms with Gasteiger partial charge >= 0.3 is 0 Å². The van der Waals surface area contributed by atoms with Crippen molar-refractivity contribution in [2.45, 2.75) is 6.04 Å². The summed E-state index contributed by atoms with van der Waals surface area (Å²) in [6.07, 6.45) is 4.52. The summed E-state index contributed by atoms with van der Waals surface area (Å²) in [5.74, 6) is 0.389. The highest BCUT2D eigenvalue weighted by Crippen LogP contribution is 2.36. The van der Waals surface area contributed by atoms with E-state index >= 15 is 0 Å². The molecule has 2 N–H and O–H groups in total. The van der Waals surface area contributed by atoms with Gasteiger partial charge in [0.05, 0.1) is 29.5 Å². The molecule has 4 rings (SSSR count). The summed E-state index contributed by atoms with van der Waals surface area (Å²) in [5, 5.41) is 10.7. The Bertz CT molecular complexity index is 946. The maximum atomic E-state index is 14.5. The molecule has 10 heteroatoms. The van der Waals surface area contributed by atoms with Gasteiger partial charge < -0.3 is 14.3 Å². The lowest BCUT2D eigenvalue weighted by molar-refractivity contribution is 0.500. The van der Waals surface area contributed by atoms with E-state index in [-0.39, 0.29) is 17.5 Å². The summed E-state index contributed by atoms with van der Waals surface area (Å²) in [4.78, 5) is 9.28. The normalized spacial score (nSPS) is 20.3. The molecular formula is C16H14FN5O2S2. The monoisotopic (exact) mass is 391 g/mol. The van der Waals surface area contributed by atoms with Crippen molar-refractivity contribution in [3.05, 3.63) is 47.7 Å². The van der Waals surface area contributed by atoms with E-state index in [1.807, 2.05) is 0 Å². The molecule has 1 aliphatic rings. The molecule has 0 radical (unpaired) electrons. The average Bonchev–Trinajstić information content (AvgIpc) is 3.29. The van der Waals surface area contributed by atoms with Crippen LogP contribution in [0.25, 0.3) is 21.9 Å². The number of pyridine rings is 1. The first-order chi connectivity index (χ1) is 12.5. The molecule has 3 aromatic rings. The van der Waals surface area contributed by atoms with Gasteiger partial charge in [-0.1, -0.05) is 0 Å². The molecule has 3 aromatic heterocycles. The summed E-state index contributed by atoms with van der Waals surface area (Å²) in [7, 11) is 1.57. The largest absolute Gasteiger partial charge is 0.593 e. The zero-order valence-electron chi connectivity index (χ0n) is 13.6. The van der Waals surface area contributed by atoms with E-state index < -0.39 is 17.4 Å². The van der Waals surface area contributed by atoms with Gasteiger partial charge in [0.15, 0.2) is 17.9 Å². The molecule has 0 aromatic carbocycles. The Hall–Kier alpha value is -2.43. The van der Waals surface area contributed by atoms with E-state index in [2.05, 4.69) is 15.3 Å². The van der Waals surface area contributed by atoms with Crippen molar-refractivity contribution in [2.75, 3.05) is 12.8 Å². The highest BCUT2D eigenvalue weighted by atomic mass is 32.2. The number of hydrogen-bond acceptors (Lipinski definition) is 6. The molecule has 0 saturated carbocycles. The first-order valence-electron chi connectivity index (χ1n) is 7.64. The van der Waals surface area contributed by atoms with Gasteiger partial charge in [-0.3, -0.25) is 10.4 Å². The fourth-order valence-corrected chi connectivity index (χ4v) is 4.82. The standard InChI is InChI=1S/C16H14FN5O2S2/c1-22-16(18)21-12(7-26(22)23)15-10(17)5-14(25-15)9-2-3-20-11(4-9)13-6-19-8-24-13/h2-6,8,12H,7H2,1H3,(H2,18,21). The summed E-state index contributed by atoms with van der Waals surface area (Å²) < 4.78 is 33.2. The van der Waals surface area contributed by atoms with Crippen molar-refractivity contribution < 1.29 is 13.4 Å². The Labute approximate surface area is 155 Å². The first-order valence-corrected chi connectivity index (χ1v) is 9.74. The van der Waals surface area contributed by atoms with Crippen LogP contribution in [0, 0.1) is 11.2 Å². The second-order valence-corrected chi connectivity index (χ2v) is 8.26. The lowest BCUT2D eigenvalue weighted by Gasteiger charge is -2.32. The number of rotatable bonds is 3. The number of thiophene rings is 1. The van der Waals surface area contributed by atoms with Crippen LogP contribution in [0.1, 0.15) is 10.9 Å². The van der Waals surface area contributed by atoms with E-state index in [0.717, 1.165) is 10.4 Å². The van der Waals surface area contributed by atoms with E-state index in [1.165, 1.54) is 28.1 Å². The SMILES string of the molecule is CN1C(=N)NC(c2sc(-c3ccnc(-c4cnco4)c3)cc2F)C[S+]1[O-]. The predicted molar refractivity (Wildman–Crippen MR) is 97.4 cm³/mol. The number of guanidine groups is 1. The lowest BCUT2D eigenvalue weighted by Crippen LogP contribution is -2.51. The van der Waals surface area contributed by atoms with Crippen LogP contribution in [0.2, 0.25) is 0 Å². The van der Waals surface area contributed by atoms with Crippen molar-refractivity contribution >= 4 is 28.7 Å². The van der Waals surface area contributed by atoms with Crippen molar-refractivity contribution in [2.24, 2.45) is 0 Å². The zero-order chi connectivity index (χ0) is 18.3. The molecule has 1 aliphatic heterocycles. The molecule has 1 saturated heterocycles.